The minimum absolute atomic E-state index is 0.229. The first kappa shape index (κ1) is 17.9. The number of likely N-dealkylation sites (tertiary alicyclic amines) is 1. The van der Waals surface area contributed by atoms with E-state index in [0.29, 0.717) is 12.5 Å². The monoisotopic (exact) mass is 340 g/mol. The Morgan fingerprint density at radius 1 is 1.16 bits per heavy atom. The van der Waals surface area contributed by atoms with Crippen molar-refractivity contribution in [1.82, 2.24) is 9.80 Å². The Kier molecular flexibility index (Phi) is 6.05. The molecule has 1 fully saturated rings. The molecule has 1 aliphatic heterocycles. The maximum Gasteiger partial charge on any atom is 0.227 e. The Bertz CT molecular complexity index is 703. The molecule has 1 amide bonds. The third-order valence-corrected chi connectivity index (χ3v) is 5.33. The molecule has 1 heterocycles. The zero-order valence-corrected chi connectivity index (χ0v) is 15.0. The van der Waals surface area contributed by atoms with Crippen molar-refractivity contribution in [2.75, 3.05) is 33.3 Å². The SMILES string of the molecule is CN(CCCO)C1CCN(C(=O)Cc2cccc3ccccc23)CC1. The van der Waals surface area contributed by atoms with Gasteiger partial charge in [0.25, 0.3) is 0 Å². The highest BCUT2D eigenvalue weighted by Gasteiger charge is 2.25. The second-order valence-corrected chi connectivity index (χ2v) is 6.98. The molecule has 25 heavy (non-hydrogen) atoms. The number of nitrogens with zero attached hydrogens (tertiary/aromatic N) is 2. The molecule has 0 unspecified atom stereocenters. The van der Waals surface area contributed by atoms with Crippen molar-refractivity contribution in [2.45, 2.75) is 31.7 Å². The lowest BCUT2D eigenvalue weighted by atomic mass is 10.00. The summed E-state index contributed by atoms with van der Waals surface area (Å²) in [6.07, 6.45) is 3.33. The van der Waals surface area contributed by atoms with Crippen LogP contribution < -0.4 is 0 Å². The number of piperidine rings is 1. The van der Waals surface area contributed by atoms with E-state index in [-0.39, 0.29) is 12.5 Å². The number of carbonyl (C=O) groups is 1. The van der Waals surface area contributed by atoms with Crippen LogP contribution in [0.4, 0.5) is 0 Å². The van der Waals surface area contributed by atoms with Crippen LogP contribution in [0, 0.1) is 0 Å². The number of hydrogen-bond acceptors (Lipinski definition) is 3. The zero-order valence-electron chi connectivity index (χ0n) is 15.0. The number of rotatable bonds is 6. The third kappa shape index (κ3) is 4.39. The van der Waals surface area contributed by atoms with Gasteiger partial charge in [-0.2, -0.15) is 0 Å². The highest BCUT2D eigenvalue weighted by Crippen LogP contribution is 2.21. The van der Waals surface area contributed by atoms with Gasteiger partial charge in [0.05, 0.1) is 6.42 Å². The molecule has 0 spiro atoms. The summed E-state index contributed by atoms with van der Waals surface area (Å²) in [6, 6.07) is 15.0. The van der Waals surface area contributed by atoms with Crippen LogP contribution in [-0.2, 0) is 11.2 Å². The molecule has 1 aliphatic rings. The van der Waals surface area contributed by atoms with E-state index in [9.17, 15) is 4.79 Å². The van der Waals surface area contributed by atoms with Crippen molar-refractivity contribution in [3.05, 3.63) is 48.0 Å². The summed E-state index contributed by atoms with van der Waals surface area (Å²) in [7, 11) is 2.12. The van der Waals surface area contributed by atoms with Crippen molar-refractivity contribution < 1.29 is 9.90 Å². The Morgan fingerprint density at radius 3 is 2.64 bits per heavy atom. The molecule has 0 bridgehead atoms. The molecule has 0 aromatic heterocycles. The summed E-state index contributed by atoms with van der Waals surface area (Å²) in [4.78, 5) is 17.1. The number of hydrogen-bond donors (Lipinski definition) is 1. The van der Waals surface area contributed by atoms with E-state index >= 15 is 0 Å². The molecular formula is C21H28N2O2. The number of fused-ring (bicyclic) bond motifs is 1. The summed E-state index contributed by atoms with van der Waals surface area (Å²) in [5.74, 6) is 0.229. The highest BCUT2D eigenvalue weighted by atomic mass is 16.3. The van der Waals surface area contributed by atoms with Crippen molar-refractivity contribution in [3.8, 4) is 0 Å². The molecule has 1 saturated heterocycles. The number of benzene rings is 2. The number of amides is 1. The van der Waals surface area contributed by atoms with Gasteiger partial charge in [-0.05, 0) is 42.6 Å². The zero-order chi connectivity index (χ0) is 17.6. The van der Waals surface area contributed by atoms with Crippen LogP contribution in [0.3, 0.4) is 0 Å². The Morgan fingerprint density at radius 2 is 1.88 bits per heavy atom. The maximum atomic E-state index is 12.7. The lowest BCUT2D eigenvalue weighted by molar-refractivity contribution is -0.132. The first-order chi connectivity index (χ1) is 12.2. The molecule has 0 radical (unpaired) electrons. The molecule has 4 nitrogen and oxygen atoms in total. The molecule has 2 aromatic carbocycles. The Balaban J connectivity index is 1.58. The van der Waals surface area contributed by atoms with E-state index in [1.165, 1.54) is 10.8 Å². The molecule has 0 atom stereocenters. The summed E-state index contributed by atoms with van der Waals surface area (Å²) in [6.45, 7) is 2.83. The highest BCUT2D eigenvalue weighted by molar-refractivity contribution is 5.90. The predicted octanol–water partition coefficient (Wildman–Crippen LogP) is 2.69. The fourth-order valence-electron chi connectivity index (χ4n) is 3.78. The molecule has 1 N–H and O–H groups in total. The van der Waals surface area contributed by atoms with Gasteiger partial charge in [0.1, 0.15) is 0 Å². The predicted molar refractivity (Wildman–Crippen MR) is 102 cm³/mol. The lowest BCUT2D eigenvalue weighted by Gasteiger charge is -2.37. The molecule has 0 saturated carbocycles. The van der Waals surface area contributed by atoms with Gasteiger partial charge >= 0.3 is 0 Å². The third-order valence-electron chi connectivity index (χ3n) is 5.33. The van der Waals surface area contributed by atoms with E-state index in [1.54, 1.807) is 0 Å². The second kappa shape index (κ2) is 8.45. The van der Waals surface area contributed by atoms with E-state index in [0.717, 1.165) is 44.5 Å². The standard InChI is InChI=1S/C21H28N2O2/c1-22(12-5-15-24)19-10-13-23(14-11-19)21(25)16-18-8-4-7-17-6-2-3-9-20(17)18/h2-4,6-9,19,24H,5,10-16H2,1H3. The molecule has 2 aromatic rings. The molecule has 0 aliphatic carbocycles. The van der Waals surface area contributed by atoms with Crippen LogP contribution in [0.15, 0.2) is 42.5 Å². The van der Waals surface area contributed by atoms with Crippen LogP contribution in [0.2, 0.25) is 0 Å². The van der Waals surface area contributed by atoms with Crippen LogP contribution in [-0.4, -0.2) is 60.1 Å². The van der Waals surface area contributed by atoms with Gasteiger partial charge in [-0.15, -0.1) is 0 Å². The van der Waals surface area contributed by atoms with Gasteiger partial charge < -0.3 is 14.9 Å². The van der Waals surface area contributed by atoms with Crippen molar-refractivity contribution in [1.29, 1.82) is 0 Å². The van der Waals surface area contributed by atoms with Gasteiger partial charge in [0.15, 0.2) is 0 Å². The van der Waals surface area contributed by atoms with Crippen molar-refractivity contribution >= 4 is 16.7 Å². The van der Waals surface area contributed by atoms with Gasteiger partial charge in [0.2, 0.25) is 5.91 Å². The molecule has 4 heteroatoms. The van der Waals surface area contributed by atoms with Gasteiger partial charge in [0, 0.05) is 32.3 Å². The average Bonchev–Trinajstić information content (AvgIpc) is 2.66. The number of aliphatic hydroxyl groups excluding tert-OH is 1. The minimum atomic E-state index is 0.229. The normalized spacial score (nSPS) is 15.9. The second-order valence-electron chi connectivity index (χ2n) is 6.98. The number of carbonyl (C=O) groups excluding carboxylic acids is 1. The largest absolute Gasteiger partial charge is 0.396 e. The Labute approximate surface area is 150 Å². The molecule has 134 valence electrons. The van der Waals surface area contributed by atoms with Crippen LogP contribution in [0.25, 0.3) is 10.8 Å². The van der Waals surface area contributed by atoms with E-state index in [4.69, 9.17) is 5.11 Å². The van der Waals surface area contributed by atoms with Crippen LogP contribution >= 0.6 is 0 Å². The lowest BCUT2D eigenvalue weighted by Crippen LogP contribution is -2.46. The van der Waals surface area contributed by atoms with Crippen LogP contribution in [0.1, 0.15) is 24.8 Å². The van der Waals surface area contributed by atoms with E-state index in [2.05, 4.69) is 36.2 Å². The van der Waals surface area contributed by atoms with E-state index in [1.807, 2.05) is 23.1 Å². The van der Waals surface area contributed by atoms with E-state index < -0.39 is 0 Å². The topological polar surface area (TPSA) is 43.8 Å². The van der Waals surface area contributed by atoms with Crippen LogP contribution in [0.5, 0.6) is 0 Å². The summed E-state index contributed by atoms with van der Waals surface area (Å²) in [5.41, 5.74) is 1.12. The van der Waals surface area contributed by atoms with Gasteiger partial charge in [-0.1, -0.05) is 42.5 Å². The molecule has 3 rings (SSSR count). The average molecular weight is 340 g/mol. The van der Waals surface area contributed by atoms with Crippen molar-refractivity contribution in [3.63, 3.8) is 0 Å². The first-order valence-electron chi connectivity index (χ1n) is 9.24. The fraction of sp³-hybridized carbons (Fsp3) is 0.476. The summed E-state index contributed by atoms with van der Waals surface area (Å²) < 4.78 is 0. The van der Waals surface area contributed by atoms with Gasteiger partial charge in [-0.25, -0.2) is 0 Å². The quantitative estimate of drug-likeness (QED) is 0.879. The van der Waals surface area contributed by atoms with Crippen molar-refractivity contribution in [2.24, 2.45) is 0 Å². The first-order valence-corrected chi connectivity index (χ1v) is 9.24. The summed E-state index contributed by atoms with van der Waals surface area (Å²) >= 11 is 0. The Hall–Kier alpha value is -1.91. The fourth-order valence-corrected chi connectivity index (χ4v) is 3.78. The minimum Gasteiger partial charge on any atom is -0.396 e. The van der Waals surface area contributed by atoms with Gasteiger partial charge in [-0.3, -0.25) is 4.79 Å². The maximum absolute atomic E-state index is 12.7. The number of aliphatic hydroxyl groups is 1. The molecular weight excluding hydrogens is 312 g/mol. The summed E-state index contributed by atoms with van der Waals surface area (Å²) in [5, 5.41) is 11.3. The smallest absolute Gasteiger partial charge is 0.227 e.